The number of ether oxygens (including phenoxy) is 1. The third-order valence-corrected chi connectivity index (χ3v) is 4.43. The first-order valence-electron chi connectivity index (χ1n) is 6.04. The average Bonchev–Trinajstić information content (AvgIpc) is 2.36. The fourth-order valence-electron chi connectivity index (χ4n) is 1.32. The molecule has 1 aromatic rings. The first kappa shape index (κ1) is 16.1. The van der Waals surface area contributed by atoms with Gasteiger partial charge in [-0.2, -0.15) is 5.26 Å². The molecule has 1 amide bonds. The Balaban J connectivity index is 3.17. The molecule has 1 rings (SSSR count). The van der Waals surface area contributed by atoms with Crippen LogP contribution in [0.15, 0.2) is 27.6 Å². The first-order valence-corrected chi connectivity index (χ1v) is 7.72. The third-order valence-electron chi connectivity index (χ3n) is 2.23. The van der Waals surface area contributed by atoms with Crippen molar-refractivity contribution in [2.75, 3.05) is 5.75 Å². The van der Waals surface area contributed by atoms with Crippen molar-refractivity contribution in [1.29, 1.82) is 5.26 Å². The molecule has 1 unspecified atom stereocenters. The second kappa shape index (κ2) is 6.01. The van der Waals surface area contributed by atoms with Gasteiger partial charge >= 0.3 is 6.09 Å². The lowest BCUT2D eigenvalue weighted by molar-refractivity contribution is 0.0607. The normalized spacial score (nSPS) is 13.9. The van der Waals surface area contributed by atoms with Gasteiger partial charge in [0.2, 0.25) is 0 Å². The van der Waals surface area contributed by atoms with E-state index < -0.39 is 21.4 Å². The predicted octanol–water partition coefficient (Wildman–Crippen LogP) is 2.74. The lowest BCUT2D eigenvalue weighted by Gasteiger charge is -2.18. The van der Waals surface area contributed by atoms with Gasteiger partial charge in [-0.05, 0) is 32.9 Å². The van der Waals surface area contributed by atoms with Gasteiger partial charge in [-0.1, -0.05) is 6.92 Å². The maximum Gasteiger partial charge on any atom is 0.442 e. The van der Waals surface area contributed by atoms with Crippen LogP contribution in [0.1, 0.15) is 33.4 Å². The smallest absolute Gasteiger partial charge is 0.442 e. The van der Waals surface area contributed by atoms with Crippen molar-refractivity contribution in [3.8, 4) is 6.07 Å². The van der Waals surface area contributed by atoms with Gasteiger partial charge in [-0.25, -0.2) is 14.0 Å². The molecule has 0 aliphatic heterocycles. The van der Waals surface area contributed by atoms with E-state index in [1.807, 2.05) is 6.07 Å². The van der Waals surface area contributed by atoms with E-state index in [0.717, 1.165) is 0 Å². The monoisotopic (exact) mass is 295 g/mol. The number of rotatable bonds is 2. The Morgan fingerprint density at radius 1 is 1.50 bits per heavy atom. The number of nitrogens with zero attached hydrogens (tertiary/aromatic N) is 3. The Hall–Kier alpha value is -1.94. The minimum Gasteiger partial charge on any atom is -0.442 e. The summed E-state index contributed by atoms with van der Waals surface area (Å²) in [7, 11) is -2.92. The highest BCUT2D eigenvalue weighted by molar-refractivity contribution is 7.93. The van der Waals surface area contributed by atoms with E-state index in [1.54, 1.807) is 27.7 Å². The van der Waals surface area contributed by atoms with Crippen LogP contribution in [0.4, 0.5) is 4.79 Å². The second-order valence-corrected chi connectivity index (χ2v) is 7.50. The summed E-state index contributed by atoms with van der Waals surface area (Å²) in [6.45, 7) is 6.78. The van der Waals surface area contributed by atoms with Crippen LogP contribution in [0, 0.1) is 11.3 Å². The Morgan fingerprint density at radius 3 is 2.55 bits per heavy atom. The van der Waals surface area contributed by atoms with Crippen molar-refractivity contribution >= 4 is 15.8 Å². The average molecular weight is 295 g/mol. The number of hydrogen-bond acceptors (Lipinski definition) is 5. The quantitative estimate of drug-likeness (QED) is 0.836. The molecule has 0 N–H and O–H groups in total. The van der Waals surface area contributed by atoms with Crippen molar-refractivity contribution < 1.29 is 13.7 Å². The van der Waals surface area contributed by atoms with Gasteiger partial charge in [0.05, 0.1) is 14.6 Å². The standard InChI is InChI=1S/C13H17N3O3S/c1-5-20(18,16-12(17)19-13(2,3)4)11-7-6-10(8-14)15-9-11/h6-7,9H,5H2,1-4H3. The van der Waals surface area contributed by atoms with Crippen LogP contribution in [-0.4, -0.2) is 26.6 Å². The molecule has 0 radical (unpaired) electrons. The molecule has 1 heterocycles. The third kappa shape index (κ3) is 4.31. The zero-order chi connectivity index (χ0) is 15.4. The van der Waals surface area contributed by atoms with Crippen LogP contribution in [-0.2, 0) is 14.5 Å². The summed E-state index contributed by atoms with van der Waals surface area (Å²) in [6, 6.07) is 4.80. The van der Waals surface area contributed by atoms with Crippen LogP contribution in [0.5, 0.6) is 0 Å². The van der Waals surface area contributed by atoms with Gasteiger partial charge in [0.1, 0.15) is 17.4 Å². The lowest BCUT2D eigenvalue weighted by Crippen LogP contribution is -2.23. The summed E-state index contributed by atoms with van der Waals surface area (Å²) < 4.78 is 21.4. The Bertz CT molecular complexity index is 645. The zero-order valence-corrected chi connectivity index (χ0v) is 12.7. The molecule has 0 spiro atoms. The van der Waals surface area contributed by atoms with Crippen LogP contribution in [0.2, 0.25) is 0 Å². The van der Waals surface area contributed by atoms with Crippen molar-refractivity contribution in [3.63, 3.8) is 0 Å². The van der Waals surface area contributed by atoms with E-state index >= 15 is 0 Å². The maximum absolute atomic E-state index is 12.7. The van der Waals surface area contributed by atoms with Gasteiger partial charge in [0.15, 0.2) is 0 Å². The molecule has 1 atom stereocenters. The van der Waals surface area contributed by atoms with Crippen molar-refractivity contribution in [3.05, 3.63) is 24.0 Å². The highest BCUT2D eigenvalue weighted by Crippen LogP contribution is 2.16. The molecule has 108 valence electrons. The first-order chi connectivity index (χ1) is 9.20. The number of aromatic nitrogens is 1. The summed E-state index contributed by atoms with van der Waals surface area (Å²) in [5, 5.41) is 8.68. The number of pyridine rings is 1. The van der Waals surface area contributed by atoms with Crippen molar-refractivity contribution in [1.82, 2.24) is 4.98 Å². The summed E-state index contributed by atoms with van der Waals surface area (Å²) >= 11 is 0. The van der Waals surface area contributed by atoms with Crippen LogP contribution in [0.25, 0.3) is 0 Å². The SMILES string of the molecule is CCS(=O)(=NC(=O)OC(C)(C)C)c1ccc(C#N)nc1. The second-order valence-electron chi connectivity index (χ2n) is 4.99. The van der Waals surface area contributed by atoms with Gasteiger partial charge in [-0.3, -0.25) is 0 Å². The fraction of sp³-hybridized carbons (Fsp3) is 0.462. The summed E-state index contributed by atoms with van der Waals surface area (Å²) in [4.78, 5) is 15.8. The molecule has 0 aromatic carbocycles. The molecule has 0 fully saturated rings. The molecule has 0 bridgehead atoms. The fourth-order valence-corrected chi connectivity index (χ4v) is 2.66. The molecule has 0 saturated carbocycles. The number of carbonyl (C=O) groups excluding carboxylic acids is 1. The van der Waals surface area contributed by atoms with Crippen LogP contribution < -0.4 is 0 Å². The predicted molar refractivity (Wildman–Crippen MR) is 74.6 cm³/mol. The van der Waals surface area contributed by atoms with Gasteiger partial charge < -0.3 is 4.74 Å². The molecule has 1 aromatic heterocycles. The minimum absolute atomic E-state index is 0.153. The Kier molecular flexibility index (Phi) is 4.84. The number of amides is 1. The highest BCUT2D eigenvalue weighted by atomic mass is 32.2. The lowest BCUT2D eigenvalue weighted by atomic mass is 10.2. The van der Waals surface area contributed by atoms with E-state index in [0.29, 0.717) is 4.90 Å². The van der Waals surface area contributed by atoms with E-state index in [1.165, 1.54) is 18.3 Å². The molecule has 0 aliphatic carbocycles. The molecule has 20 heavy (non-hydrogen) atoms. The molecule has 0 saturated heterocycles. The maximum atomic E-state index is 12.7. The van der Waals surface area contributed by atoms with E-state index in [9.17, 15) is 9.00 Å². The molecule has 6 nitrogen and oxygen atoms in total. The van der Waals surface area contributed by atoms with Gasteiger partial charge in [0.25, 0.3) is 0 Å². The molecular formula is C13H17N3O3S. The summed E-state index contributed by atoms with van der Waals surface area (Å²) in [5.41, 5.74) is -0.485. The van der Waals surface area contributed by atoms with Crippen LogP contribution in [0.3, 0.4) is 0 Å². The zero-order valence-electron chi connectivity index (χ0n) is 11.9. The number of nitriles is 1. The Morgan fingerprint density at radius 2 is 2.15 bits per heavy atom. The Labute approximate surface area is 119 Å². The van der Waals surface area contributed by atoms with E-state index in [-0.39, 0.29) is 11.4 Å². The highest BCUT2D eigenvalue weighted by Gasteiger charge is 2.19. The van der Waals surface area contributed by atoms with E-state index in [2.05, 4.69) is 9.35 Å². The van der Waals surface area contributed by atoms with E-state index in [4.69, 9.17) is 10.00 Å². The van der Waals surface area contributed by atoms with Crippen molar-refractivity contribution in [2.45, 2.75) is 38.2 Å². The minimum atomic E-state index is -2.92. The summed E-state index contributed by atoms with van der Waals surface area (Å²) in [6.07, 6.45) is 0.437. The summed E-state index contributed by atoms with van der Waals surface area (Å²) in [5.74, 6) is 0.153. The van der Waals surface area contributed by atoms with Crippen LogP contribution >= 0.6 is 0 Å². The molecule has 7 heteroatoms. The largest absolute Gasteiger partial charge is 0.442 e. The number of carbonyl (C=O) groups is 1. The number of hydrogen-bond donors (Lipinski definition) is 0. The van der Waals surface area contributed by atoms with Gasteiger partial charge in [0, 0.05) is 11.9 Å². The van der Waals surface area contributed by atoms with Gasteiger partial charge in [-0.15, -0.1) is 4.36 Å². The molecular weight excluding hydrogens is 278 g/mol. The molecule has 0 aliphatic rings. The van der Waals surface area contributed by atoms with Crippen molar-refractivity contribution in [2.24, 2.45) is 4.36 Å². The topological polar surface area (TPSA) is 92.4 Å².